The van der Waals surface area contributed by atoms with E-state index in [9.17, 15) is 18.8 Å². The summed E-state index contributed by atoms with van der Waals surface area (Å²) in [6.07, 6.45) is -3.02. The van der Waals surface area contributed by atoms with Gasteiger partial charge in [0.2, 0.25) is 0 Å². The van der Waals surface area contributed by atoms with Crippen molar-refractivity contribution in [2.24, 2.45) is 0 Å². The highest BCUT2D eigenvalue weighted by atomic mass is 19.3. The Kier molecular flexibility index (Phi) is 6.74. The molecule has 146 valence electrons. The Balaban J connectivity index is 2.41. The summed E-state index contributed by atoms with van der Waals surface area (Å²) in [5, 5.41) is 10.5. The van der Waals surface area contributed by atoms with Crippen LogP contribution in [0, 0.1) is 13.8 Å². The Morgan fingerprint density at radius 2 is 1.89 bits per heavy atom. The Labute approximate surface area is 157 Å². The summed E-state index contributed by atoms with van der Waals surface area (Å²) in [6, 6.07) is 8.02. The summed E-state index contributed by atoms with van der Waals surface area (Å²) in [5.74, 6) is 0.0764. The Morgan fingerprint density at radius 3 is 2.48 bits per heavy atom. The summed E-state index contributed by atoms with van der Waals surface area (Å²) in [4.78, 5) is 11.7. The van der Waals surface area contributed by atoms with Crippen LogP contribution in [0.15, 0.2) is 30.3 Å². The van der Waals surface area contributed by atoms with Crippen molar-refractivity contribution in [2.75, 3.05) is 12.2 Å². The molecule has 0 radical (unpaired) electrons. The number of amides is 1. The fraction of sp³-hybridized carbons (Fsp3) is 0.350. The number of ether oxygens (including phenoxy) is 2. The minimum atomic E-state index is -2.68. The number of anilines is 1. The van der Waals surface area contributed by atoms with Gasteiger partial charge in [-0.05, 0) is 55.2 Å². The number of methoxy groups -OCH3 is 1. The third kappa shape index (κ3) is 4.54. The number of rotatable bonds is 6. The van der Waals surface area contributed by atoms with Gasteiger partial charge in [0, 0.05) is 5.56 Å². The van der Waals surface area contributed by atoms with E-state index in [4.69, 9.17) is 4.74 Å². The Bertz CT molecular complexity index is 824. The predicted octanol–water partition coefficient (Wildman–Crippen LogP) is 5.34. The van der Waals surface area contributed by atoms with Crippen LogP contribution in [0.1, 0.15) is 41.2 Å². The fourth-order valence-electron chi connectivity index (χ4n) is 2.76. The highest BCUT2D eigenvalue weighted by Crippen LogP contribution is 2.33. The molecule has 0 unspecified atom stereocenters. The van der Waals surface area contributed by atoms with Crippen LogP contribution >= 0.6 is 0 Å². The van der Waals surface area contributed by atoms with E-state index in [2.05, 4.69) is 4.74 Å². The third-order valence-electron chi connectivity index (χ3n) is 4.44. The molecular formula is C20H23F2NO4. The maximum atomic E-state index is 13.4. The van der Waals surface area contributed by atoms with Crippen molar-refractivity contribution in [3.8, 4) is 5.75 Å². The first-order valence-corrected chi connectivity index (χ1v) is 8.49. The van der Waals surface area contributed by atoms with Crippen LogP contribution in [-0.4, -0.2) is 18.4 Å². The maximum Gasteiger partial charge on any atom is 0.438 e. The maximum absolute atomic E-state index is 13.4. The van der Waals surface area contributed by atoms with Gasteiger partial charge in [-0.3, -0.25) is 5.21 Å². The SMILES string of the molecule is CCc1cccc(N(O)C(=O)OC)c1COc1cc(C)c(C)cc1C(F)F. The zero-order valence-corrected chi connectivity index (χ0v) is 15.8. The van der Waals surface area contributed by atoms with Gasteiger partial charge < -0.3 is 9.47 Å². The molecule has 0 fully saturated rings. The molecule has 0 spiro atoms. The predicted molar refractivity (Wildman–Crippen MR) is 97.7 cm³/mol. The van der Waals surface area contributed by atoms with Crippen LogP contribution in [0.5, 0.6) is 5.75 Å². The van der Waals surface area contributed by atoms with Crippen molar-refractivity contribution in [1.82, 2.24) is 0 Å². The number of carbonyl (C=O) groups is 1. The summed E-state index contributed by atoms with van der Waals surface area (Å²) in [7, 11) is 1.15. The molecule has 0 saturated carbocycles. The highest BCUT2D eigenvalue weighted by Gasteiger charge is 2.21. The first-order chi connectivity index (χ1) is 12.8. The van der Waals surface area contributed by atoms with Gasteiger partial charge in [-0.15, -0.1) is 0 Å². The number of nitrogens with zero attached hydrogens (tertiary/aromatic N) is 1. The van der Waals surface area contributed by atoms with Gasteiger partial charge in [0.15, 0.2) is 0 Å². The van der Waals surface area contributed by atoms with E-state index in [0.717, 1.165) is 23.8 Å². The van der Waals surface area contributed by atoms with E-state index in [1.807, 2.05) is 19.9 Å². The molecule has 0 aliphatic heterocycles. The molecule has 0 saturated heterocycles. The molecule has 1 amide bonds. The third-order valence-corrected chi connectivity index (χ3v) is 4.44. The molecule has 2 rings (SSSR count). The number of hydroxylamine groups is 1. The van der Waals surface area contributed by atoms with E-state index < -0.39 is 12.5 Å². The molecule has 5 nitrogen and oxygen atoms in total. The lowest BCUT2D eigenvalue weighted by Crippen LogP contribution is -2.28. The summed E-state index contributed by atoms with van der Waals surface area (Å²) >= 11 is 0. The number of benzene rings is 2. The topological polar surface area (TPSA) is 59.0 Å². The van der Waals surface area contributed by atoms with Gasteiger partial charge in [0.05, 0.1) is 18.4 Å². The van der Waals surface area contributed by atoms with Crippen molar-refractivity contribution in [3.63, 3.8) is 0 Å². The monoisotopic (exact) mass is 379 g/mol. The first-order valence-electron chi connectivity index (χ1n) is 8.49. The van der Waals surface area contributed by atoms with Crippen molar-refractivity contribution < 1.29 is 28.3 Å². The van der Waals surface area contributed by atoms with Crippen LogP contribution in [-0.2, 0) is 17.8 Å². The van der Waals surface area contributed by atoms with E-state index in [0.29, 0.717) is 17.0 Å². The lowest BCUT2D eigenvalue weighted by Gasteiger charge is -2.21. The van der Waals surface area contributed by atoms with Gasteiger partial charge in [-0.25, -0.2) is 13.6 Å². The van der Waals surface area contributed by atoms with Gasteiger partial charge >= 0.3 is 6.09 Å². The second kappa shape index (κ2) is 8.81. The summed E-state index contributed by atoms with van der Waals surface area (Å²) in [6.45, 7) is 5.39. The summed E-state index contributed by atoms with van der Waals surface area (Å²) < 4.78 is 37.0. The average Bonchev–Trinajstić information content (AvgIpc) is 2.66. The van der Waals surface area contributed by atoms with Gasteiger partial charge in [0.1, 0.15) is 12.4 Å². The minimum absolute atomic E-state index is 0.0764. The number of hydrogen-bond donors (Lipinski definition) is 1. The molecule has 0 aliphatic carbocycles. The Morgan fingerprint density at radius 1 is 1.22 bits per heavy atom. The number of halogens is 2. The standard InChI is InChI=1S/C20H23F2NO4/c1-5-14-7-6-8-17(23(25)20(24)26-4)16(14)11-27-18-10-13(3)12(2)9-15(18)19(21)22/h6-10,19,25H,5,11H2,1-4H3. The first kappa shape index (κ1) is 20.6. The number of aryl methyl sites for hydroxylation is 3. The average molecular weight is 379 g/mol. The summed E-state index contributed by atoms with van der Waals surface area (Å²) in [5.41, 5.74) is 2.91. The van der Waals surface area contributed by atoms with Gasteiger partial charge in [-0.2, -0.15) is 5.06 Å². The normalized spacial score (nSPS) is 10.8. The van der Waals surface area contributed by atoms with Crippen molar-refractivity contribution in [2.45, 2.75) is 40.2 Å². The lowest BCUT2D eigenvalue weighted by atomic mass is 10.0. The molecule has 7 heteroatoms. The molecule has 2 aromatic rings. The van der Waals surface area contributed by atoms with Crippen LogP contribution in [0.25, 0.3) is 0 Å². The van der Waals surface area contributed by atoms with E-state index in [1.54, 1.807) is 19.1 Å². The number of hydrogen-bond acceptors (Lipinski definition) is 4. The number of carbonyl (C=O) groups excluding carboxylic acids is 1. The molecule has 0 aliphatic rings. The van der Waals surface area contributed by atoms with E-state index in [-0.39, 0.29) is 23.6 Å². The second-order valence-corrected chi connectivity index (χ2v) is 6.11. The highest BCUT2D eigenvalue weighted by molar-refractivity contribution is 5.86. The Hall–Kier alpha value is -2.67. The molecule has 0 bridgehead atoms. The molecule has 1 N–H and O–H groups in total. The zero-order valence-electron chi connectivity index (χ0n) is 15.8. The van der Waals surface area contributed by atoms with Crippen LogP contribution < -0.4 is 9.80 Å². The van der Waals surface area contributed by atoms with Crippen LogP contribution in [0.3, 0.4) is 0 Å². The van der Waals surface area contributed by atoms with Crippen molar-refractivity contribution >= 4 is 11.8 Å². The van der Waals surface area contributed by atoms with Crippen LogP contribution in [0.2, 0.25) is 0 Å². The molecular weight excluding hydrogens is 356 g/mol. The zero-order chi connectivity index (χ0) is 20.1. The largest absolute Gasteiger partial charge is 0.488 e. The van der Waals surface area contributed by atoms with Crippen molar-refractivity contribution in [3.05, 3.63) is 58.1 Å². The van der Waals surface area contributed by atoms with E-state index in [1.165, 1.54) is 12.1 Å². The molecule has 27 heavy (non-hydrogen) atoms. The molecule has 0 aromatic heterocycles. The molecule has 0 heterocycles. The fourth-order valence-corrected chi connectivity index (χ4v) is 2.76. The minimum Gasteiger partial charge on any atom is -0.488 e. The smallest absolute Gasteiger partial charge is 0.438 e. The van der Waals surface area contributed by atoms with Crippen molar-refractivity contribution in [1.29, 1.82) is 0 Å². The van der Waals surface area contributed by atoms with Crippen LogP contribution in [0.4, 0.5) is 19.3 Å². The molecule has 2 aromatic carbocycles. The van der Waals surface area contributed by atoms with Gasteiger partial charge in [0.25, 0.3) is 6.43 Å². The molecule has 0 atom stereocenters. The number of alkyl halides is 2. The second-order valence-electron chi connectivity index (χ2n) is 6.11. The van der Waals surface area contributed by atoms with Gasteiger partial charge in [-0.1, -0.05) is 19.1 Å². The quantitative estimate of drug-likeness (QED) is 0.543. The lowest BCUT2D eigenvalue weighted by molar-refractivity contribution is 0.140. The van der Waals surface area contributed by atoms with E-state index >= 15 is 0 Å².